The molecule has 0 amide bonds. The van der Waals surface area contributed by atoms with Crippen molar-refractivity contribution in [1.82, 2.24) is 0 Å². The van der Waals surface area contributed by atoms with Crippen LogP contribution in [0.5, 0.6) is 0 Å². The van der Waals surface area contributed by atoms with Gasteiger partial charge in [0.15, 0.2) is 6.10 Å². The monoisotopic (exact) mass is 947 g/mol. The topological polar surface area (TPSA) is 78.9 Å². The van der Waals surface area contributed by atoms with E-state index in [0.29, 0.717) is 19.3 Å². The normalized spacial score (nSPS) is 12.0. The average Bonchev–Trinajstić information content (AvgIpc) is 3.30. The third kappa shape index (κ3) is 55.2. The van der Waals surface area contributed by atoms with Crippen molar-refractivity contribution in [2.75, 3.05) is 13.2 Å². The Labute approximate surface area is 418 Å². The Morgan fingerprint density at radius 2 is 0.493 bits per heavy atom. The van der Waals surface area contributed by atoms with Gasteiger partial charge in [-0.2, -0.15) is 0 Å². The smallest absolute Gasteiger partial charge is 0.306 e. The number of unbranched alkanes of at least 4 members (excludes halogenated alkanes) is 40. The molecule has 0 saturated heterocycles. The lowest BCUT2D eigenvalue weighted by atomic mass is 10.0. The molecule has 6 nitrogen and oxygen atoms in total. The van der Waals surface area contributed by atoms with Crippen molar-refractivity contribution < 1.29 is 28.6 Å². The van der Waals surface area contributed by atoms with Crippen LogP contribution in [0, 0.1) is 11.8 Å². The molecular weight excluding hydrogens is 829 g/mol. The molecular formula is C61H118O6. The van der Waals surface area contributed by atoms with Crippen LogP contribution in [0.15, 0.2) is 0 Å². The fourth-order valence-electron chi connectivity index (χ4n) is 9.40. The van der Waals surface area contributed by atoms with Crippen molar-refractivity contribution in [1.29, 1.82) is 0 Å². The Morgan fingerprint density at radius 3 is 0.731 bits per heavy atom. The summed E-state index contributed by atoms with van der Waals surface area (Å²) in [6.07, 6.45) is 58.1. The van der Waals surface area contributed by atoms with Crippen LogP contribution in [0.2, 0.25) is 0 Å². The van der Waals surface area contributed by atoms with Gasteiger partial charge in [-0.1, -0.05) is 304 Å². The summed E-state index contributed by atoms with van der Waals surface area (Å²) in [4.78, 5) is 38.2. The van der Waals surface area contributed by atoms with Gasteiger partial charge in [0, 0.05) is 19.3 Å². The molecule has 6 heteroatoms. The van der Waals surface area contributed by atoms with Crippen LogP contribution in [0.4, 0.5) is 0 Å². The number of rotatable bonds is 55. The predicted molar refractivity (Wildman–Crippen MR) is 289 cm³/mol. The van der Waals surface area contributed by atoms with Crippen LogP contribution in [0.25, 0.3) is 0 Å². The lowest BCUT2D eigenvalue weighted by Crippen LogP contribution is -2.30. The first-order valence-electron chi connectivity index (χ1n) is 30.2. The van der Waals surface area contributed by atoms with Crippen LogP contribution in [0.3, 0.4) is 0 Å². The van der Waals surface area contributed by atoms with E-state index >= 15 is 0 Å². The third-order valence-electron chi connectivity index (χ3n) is 14.0. The molecule has 0 aromatic heterocycles. The molecule has 0 N–H and O–H groups in total. The summed E-state index contributed by atoms with van der Waals surface area (Å²) in [5, 5.41) is 0. The van der Waals surface area contributed by atoms with Gasteiger partial charge in [-0.3, -0.25) is 14.4 Å². The number of carbonyl (C=O) groups excluding carboxylic acids is 3. The zero-order valence-electron chi connectivity index (χ0n) is 46.0. The van der Waals surface area contributed by atoms with E-state index in [9.17, 15) is 14.4 Å². The summed E-state index contributed by atoms with van der Waals surface area (Å²) in [5.41, 5.74) is 0. The molecule has 0 heterocycles. The van der Waals surface area contributed by atoms with Crippen LogP contribution in [-0.2, 0) is 28.6 Å². The molecule has 0 rings (SSSR count). The minimum absolute atomic E-state index is 0.0622. The molecule has 0 aromatic rings. The largest absolute Gasteiger partial charge is 0.462 e. The van der Waals surface area contributed by atoms with E-state index in [2.05, 4.69) is 34.6 Å². The van der Waals surface area contributed by atoms with Crippen molar-refractivity contribution in [3.63, 3.8) is 0 Å². The summed E-state index contributed by atoms with van der Waals surface area (Å²) < 4.78 is 16.9. The fraction of sp³-hybridized carbons (Fsp3) is 0.951. The van der Waals surface area contributed by atoms with E-state index in [-0.39, 0.29) is 31.1 Å². The van der Waals surface area contributed by atoms with E-state index in [1.807, 2.05) is 0 Å². The summed E-state index contributed by atoms with van der Waals surface area (Å²) in [6, 6.07) is 0. The van der Waals surface area contributed by atoms with Crippen molar-refractivity contribution in [2.24, 2.45) is 11.8 Å². The maximum absolute atomic E-state index is 12.9. The molecule has 1 atom stereocenters. The number of ether oxygens (including phenoxy) is 3. The van der Waals surface area contributed by atoms with Gasteiger partial charge < -0.3 is 14.2 Å². The van der Waals surface area contributed by atoms with Crippen LogP contribution >= 0.6 is 0 Å². The minimum atomic E-state index is -0.763. The Morgan fingerprint density at radius 1 is 0.284 bits per heavy atom. The molecule has 0 aliphatic heterocycles. The quantitative estimate of drug-likeness (QED) is 0.0343. The van der Waals surface area contributed by atoms with Crippen LogP contribution < -0.4 is 0 Å². The van der Waals surface area contributed by atoms with Crippen LogP contribution in [-0.4, -0.2) is 37.2 Å². The first kappa shape index (κ1) is 65.4. The SMILES string of the molecule is CCCCCCCCCCCCCCCCCC(=O)OC[C@H](COC(=O)CCCCCCCCCCCCCCCC(C)C)OC(=O)CCCCCCCCCCCCCCCCCC(C)C. The zero-order chi connectivity index (χ0) is 48.9. The van der Waals surface area contributed by atoms with Gasteiger partial charge in [-0.05, 0) is 31.1 Å². The van der Waals surface area contributed by atoms with Crippen molar-refractivity contribution in [2.45, 2.75) is 349 Å². The first-order valence-corrected chi connectivity index (χ1v) is 30.2. The molecule has 0 saturated carbocycles. The highest BCUT2D eigenvalue weighted by atomic mass is 16.6. The van der Waals surface area contributed by atoms with Gasteiger partial charge in [-0.25, -0.2) is 0 Å². The Kier molecular flexibility index (Phi) is 52.5. The fourth-order valence-corrected chi connectivity index (χ4v) is 9.40. The molecule has 0 aromatic carbocycles. The van der Waals surface area contributed by atoms with Gasteiger partial charge in [0.05, 0.1) is 0 Å². The molecule has 0 aliphatic carbocycles. The number of hydrogen-bond acceptors (Lipinski definition) is 6. The highest BCUT2D eigenvalue weighted by Gasteiger charge is 2.19. The predicted octanol–water partition coefficient (Wildman–Crippen LogP) is 20.0. The summed E-state index contributed by atoms with van der Waals surface area (Å²) in [5.74, 6) is 0.853. The van der Waals surface area contributed by atoms with E-state index < -0.39 is 6.10 Å². The summed E-state index contributed by atoms with van der Waals surface area (Å²) >= 11 is 0. The molecule has 0 radical (unpaired) electrons. The molecule has 0 aliphatic rings. The number of esters is 3. The van der Waals surface area contributed by atoms with Gasteiger partial charge in [0.1, 0.15) is 13.2 Å². The first-order chi connectivity index (χ1) is 32.7. The molecule has 67 heavy (non-hydrogen) atoms. The molecule has 398 valence electrons. The second kappa shape index (κ2) is 53.8. The minimum Gasteiger partial charge on any atom is -0.462 e. The molecule has 0 bridgehead atoms. The van der Waals surface area contributed by atoms with Crippen molar-refractivity contribution >= 4 is 17.9 Å². The lowest BCUT2D eigenvalue weighted by Gasteiger charge is -2.18. The van der Waals surface area contributed by atoms with Crippen LogP contribution in [0.1, 0.15) is 343 Å². The summed E-state index contributed by atoms with van der Waals surface area (Å²) in [7, 11) is 0. The van der Waals surface area contributed by atoms with Gasteiger partial charge in [0.2, 0.25) is 0 Å². The highest BCUT2D eigenvalue weighted by Crippen LogP contribution is 2.18. The maximum Gasteiger partial charge on any atom is 0.306 e. The standard InChI is InChI=1S/C61H118O6/c1-6-7-8-9-10-11-12-13-15-21-26-31-36-41-46-51-59(62)65-54-58(55-66-60(63)52-47-42-37-32-27-23-18-20-25-30-35-40-45-50-57(4)5)67-61(64)53-48-43-38-33-28-22-17-14-16-19-24-29-34-39-44-49-56(2)3/h56-58H,6-55H2,1-5H3/t58-/m1/s1. The average molecular weight is 948 g/mol. The third-order valence-corrected chi connectivity index (χ3v) is 14.0. The Bertz CT molecular complexity index is 1020. The van der Waals surface area contributed by atoms with E-state index in [1.54, 1.807) is 0 Å². The molecule has 0 unspecified atom stereocenters. The second-order valence-electron chi connectivity index (χ2n) is 21.9. The van der Waals surface area contributed by atoms with Crippen molar-refractivity contribution in [3.8, 4) is 0 Å². The Hall–Kier alpha value is -1.59. The van der Waals surface area contributed by atoms with Crippen molar-refractivity contribution in [3.05, 3.63) is 0 Å². The Balaban J connectivity index is 4.30. The number of carbonyl (C=O) groups is 3. The number of hydrogen-bond donors (Lipinski definition) is 0. The lowest BCUT2D eigenvalue weighted by molar-refractivity contribution is -0.167. The van der Waals surface area contributed by atoms with Gasteiger partial charge in [-0.15, -0.1) is 0 Å². The summed E-state index contributed by atoms with van der Waals surface area (Å²) in [6.45, 7) is 11.4. The molecule has 0 spiro atoms. The maximum atomic E-state index is 12.9. The van der Waals surface area contributed by atoms with E-state index in [1.165, 1.54) is 231 Å². The molecule has 0 fully saturated rings. The van der Waals surface area contributed by atoms with Gasteiger partial charge in [0.25, 0.3) is 0 Å². The highest BCUT2D eigenvalue weighted by molar-refractivity contribution is 5.71. The van der Waals surface area contributed by atoms with E-state index in [0.717, 1.165) is 69.6 Å². The zero-order valence-corrected chi connectivity index (χ0v) is 46.0. The van der Waals surface area contributed by atoms with Gasteiger partial charge >= 0.3 is 17.9 Å². The van der Waals surface area contributed by atoms with E-state index in [4.69, 9.17) is 14.2 Å². The second-order valence-corrected chi connectivity index (χ2v) is 21.9.